The molecule has 2 rings (SSSR count). The van der Waals surface area contributed by atoms with Crippen LogP contribution in [-0.4, -0.2) is 21.1 Å². The minimum atomic E-state index is 0.442. The van der Waals surface area contributed by atoms with E-state index in [-0.39, 0.29) is 0 Å². The molecule has 2 aromatic rings. The molecule has 0 spiro atoms. The van der Waals surface area contributed by atoms with Crippen molar-refractivity contribution in [1.29, 1.82) is 0 Å². The lowest BCUT2D eigenvalue weighted by molar-refractivity contribution is 0.517. The highest BCUT2D eigenvalue weighted by molar-refractivity contribution is 5.16. The molecule has 2 heterocycles. The molecule has 0 saturated heterocycles. The van der Waals surface area contributed by atoms with Gasteiger partial charge in [-0.3, -0.25) is 0 Å². The quantitative estimate of drug-likeness (QED) is 0.830. The van der Waals surface area contributed by atoms with Gasteiger partial charge in [-0.05, 0) is 37.1 Å². The van der Waals surface area contributed by atoms with E-state index in [1.807, 2.05) is 6.07 Å². The molecule has 2 aromatic heterocycles. The highest BCUT2D eigenvalue weighted by atomic mass is 15.0. The van der Waals surface area contributed by atoms with E-state index in [2.05, 4.69) is 52.2 Å². The van der Waals surface area contributed by atoms with Gasteiger partial charge in [0.2, 0.25) is 0 Å². The van der Waals surface area contributed by atoms with Crippen molar-refractivity contribution >= 4 is 0 Å². The zero-order valence-corrected chi connectivity index (χ0v) is 11.7. The predicted octanol–water partition coefficient (Wildman–Crippen LogP) is 2.78. The molecule has 0 saturated carbocycles. The molecular formula is C15H22N4. The molecule has 0 radical (unpaired) electrons. The van der Waals surface area contributed by atoms with Crippen LogP contribution in [0.2, 0.25) is 0 Å². The number of hydrogen-bond donors (Lipinski definition) is 1. The highest BCUT2D eigenvalue weighted by Gasteiger charge is 2.09. The third-order valence-electron chi connectivity index (χ3n) is 3.17. The van der Waals surface area contributed by atoms with E-state index in [0.717, 1.165) is 31.8 Å². The Hall–Kier alpha value is -1.68. The second-order valence-electron chi connectivity index (χ2n) is 4.70. The van der Waals surface area contributed by atoms with Crippen LogP contribution in [0, 0.1) is 0 Å². The Bertz CT molecular complexity index is 478. The van der Waals surface area contributed by atoms with E-state index in [1.54, 1.807) is 12.4 Å². The lowest BCUT2D eigenvalue weighted by atomic mass is 10.1. The van der Waals surface area contributed by atoms with Gasteiger partial charge in [-0.25, -0.2) is 9.97 Å². The summed E-state index contributed by atoms with van der Waals surface area (Å²) in [5.41, 5.74) is 1.34. The third kappa shape index (κ3) is 3.89. The second-order valence-corrected chi connectivity index (χ2v) is 4.70. The summed E-state index contributed by atoms with van der Waals surface area (Å²) < 4.78 is 2.14. The topological polar surface area (TPSA) is 42.7 Å². The Morgan fingerprint density at radius 1 is 1.26 bits per heavy atom. The number of rotatable bonds is 7. The molecular weight excluding hydrogens is 236 g/mol. The molecule has 4 heteroatoms. The van der Waals surface area contributed by atoms with Crippen molar-refractivity contribution in [3.63, 3.8) is 0 Å². The van der Waals surface area contributed by atoms with E-state index >= 15 is 0 Å². The van der Waals surface area contributed by atoms with Gasteiger partial charge in [-0.2, -0.15) is 0 Å². The molecule has 0 bridgehead atoms. The molecule has 1 unspecified atom stereocenters. The first kappa shape index (κ1) is 13.7. The van der Waals surface area contributed by atoms with Gasteiger partial charge < -0.3 is 9.88 Å². The first-order valence-corrected chi connectivity index (χ1v) is 6.98. The van der Waals surface area contributed by atoms with Crippen LogP contribution in [-0.2, 0) is 6.54 Å². The Balaban J connectivity index is 2.01. The van der Waals surface area contributed by atoms with Crippen molar-refractivity contribution in [3.05, 3.63) is 48.3 Å². The van der Waals surface area contributed by atoms with Crippen molar-refractivity contribution in [2.24, 2.45) is 0 Å². The first-order chi connectivity index (χ1) is 9.33. The predicted molar refractivity (Wildman–Crippen MR) is 76.9 cm³/mol. The zero-order chi connectivity index (χ0) is 13.5. The molecule has 102 valence electrons. The maximum atomic E-state index is 4.25. The zero-order valence-electron chi connectivity index (χ0n) is 11.7. The van der Waals surface area contributed by atoms with Gasteiger partial charge in [-0.1, -0.05) is 13.8 Å². The molecule has 0 aliphatic heterocycles. The van der Waals surface area contributed by atoms with E-state index in [9.17, 15) is 0 Å². The largest absolute Gasteiger partial charge is 0.346 e. The fraction of sp³-hybridized carbons (Fsp3) is 0.467. The van der Waals surface area contributed by atoms with Gasteiger partial charge in [0, 0.05) is 30.8 Å². The normalized spacial score (nSPS) is 12.5. The number of nitrogens with one attached hydrogen (secondary N) is 1. The Morgan fingerprint density at radius 3 is 2.74 bits per heavy atom. The van der Waals surface area contributed by atoms with Crippen LogP contribution in [0.3, 0.4) is 0 Å². The standard InChI is InChI=1S/C15H22N4/c1-3-7-16-14(4-2)13-6-10-19(11-13)12-15-17-8-5-9-18-15/h5-6,8-11,14,16H,3-4,7,12H2,1-2H3. The molecule has 0 amide bonds. The molecule has 0 aliphatic carbocycles. The van der Waals surface area contributed by atoms with Gasteiger partial charge in [0.1, 0.15) is 5.82 Å². The summed E-state index contributed by atoms with van der Waals surface area (Å²) in [6.07, 6.45) is 10.1. The summed E-state index contributed by atoms with van der Waals surface area (Å²) in [7, 11) is 0. The fourth-order valence-electron chi connectivity index (χ4n) is 2.16. The fourth-order valence-corrected chi connectivity index (χ4v) is 2.16. The first-order valence-electron chi connectivity index (χ1n) is 6.98. The van der Waals surface area contributed by atoms with E-state index in [1.165, 1.54) is 5.56 Å². The van der Waals surface area contributed by atoms with Gasteiger partial charge in [0.05, 0.1) is 6.54 Å². The molecule has 0 aromatic carbocycles. The number of hydrogen-bond acceptors (Lipinski definition) is 3. The van der Waals surface area contributed by atoms with Crippen LogP contribution in [0.15, 0.2) is 36.9 Å². The van der Waals surface area contributed by atoms with Crippen molar-refractivity contribution in [1.82, 2.24) is 19.9 Å². The van der Waals surface area contributed by atoms with Crippen LogP contribution < -0.4 is 5.32 Å². The van der Waals surface area contributed by atoms with Crippen LogP contribution in [0.1, 0.15) is 44.1 Å². The monoisotopic (exact) mass is 258 g/mol. The Labute approximate surface area is 114 Å². The Morgan fingerprint density at radius 2 is 2.05 bits per heavy atom. The molecule has 0 fully saturated rings. The molecule has 0 aliphatic rings. The molecule has 19 heavy (non-hydrogen) atoms. The van der Waals surface area contributed by atoms with E-state index in [0.29, 0.717) is 6.04 Å². The van der Waals surface area contributed by atoms with Crippen LogP contribution in [0.5, 0.6) is 0 Å². The highest BCUT2D eigenvalue weighted by Crippen LogP contribution is 2.17. The Kier molecular flexibility index (Phi) is 5.10. The second kappa shape index (κ2) is 7.04. The smallest absolute Gasteiger partial charge is 0.147 e. The molecule has 1 N–H and O–H groups in total. The van der Waals surface area contributed by atoms with Crippen molar-refractivity contribution in [3.8, 4) is 0 Å². The summed E-state index contributed by atoms with van der Waals surface area (Å²) in [4.78, 5) is 8.50. The number of nitrogens with zero attached hydrogens (tertiary/aromatic N) is 3. The van der Waals surface area contributed by atoms with Crippen molar-refractivity contribution in [2.45, 2.75) is 39.3 Å². The van der Waals surface area contributed by atoms with Gasteiger partial charge in [0.25, 0.3) is 0 Å². The van der Waals surface area contributed by atoms with Gasteiger partial charge in [-0.15, -0.1) is 0 Å². The lowest BCUT2D eigenvalue weighted by Crippen LogP contribution is -2.21. The third-order valence-corrected chi connectivity index (χ3v) is 3.17. The lowest BCUT2D eigenvalue weighted by Gasteiger charge is -2.15. The van der Waals surface area contributed by atoms with E-state index in [4.69, 9.17) is 0 Å². The van der Waals surface area contributed by atoms with Gasteiger partial charge in [0.15, 0.2) is 0 Å². The summed E-state index contributed by atoms with van der Waals surface area (Å²) in [6.45, 7) is 6.19. The minimum Gasteiger partial charge on any atom is -0.346 e. The minimum absolute atomic E-state index is 0.442. The van der Waals surface area contributed by atoms with Crippen molar-refractivity contribution < 1.29 is 0 Å². The summed E-state index contributed by atoms with van der Waals surface area (Å²) in [5, 5.41) is 3.57. The molecule has 4 nitrogen and oxygen atoms in total. The summed E-state index contributed by atoms with van der Waals surface area (Å²) in [6, 6.07) is 4.46. The van der Waals surface area contributed by atoms with Crippen LogP contribution in [0.25, 0.3) is 0 Å². The molecule has 1 atom stereocenters. The average Bonchev–Trinajstić information content (AvgIpc) is 2.89. The van der Waals surface area contributed by atoms with Gasteiger partial charge >= 0.3 is 0 Å². The maximum Gasteiger partial charge on any atom is 0.147 e. The van der Waals surface area contributed by atoms with Crippen LogP contribution >= 0.6 is 0 Å². The SMILES string of the molecule is CCCNC(CC)c1ccn(Cc2ncccn2)c1. The summed E-state index contributed by atoms with van der Waals surface area (Å²) in [5.74, 6) is 0.846. The maximum absolute atomic E-state index is 4.25. The number of aromatic nitrogens is 3. The van der Waals surface area contributed by atoms with E-state index < -0.39 is 0 Å². The van der Waals surface area contributed by atoms with Crippen LogP contribution in [0.4, 0.5) is 0 Å². The average molecular weight is 258 g/mol. The summed E-state index contributed by atoms with van der Waals surface area (Å²) >= 11 is 0. The van der Waals surface area contributed by atoms with Crippen molar-refractivity contribution in [2.75, 3.05) is 6.54 Å².